The Labute approximate surface area is 230 Å². The van der Waals surface area contributed by atoms with Gasteiger partial charge in [0.2, 0.25) is 0 Å². The van der Waals surface area contributed by atoms with Gasteiger partial charge in [-0.05, 0) is 42.9 Å². The van der Waals surface area contributed by atoms with Crippen LogP contribution in [0.5, 0.6) is 0 Å². The van der Waals surface area contributed by atoms with Crippen molar-refractivity contribution in [1.82, 2.24) is 0 Å². The quantitative estimate of drug-likeness (QED) is 0.486. The van der Waals surface area contributed by atoms with Crippen LogP contribution in [0.3, 0.4) is 0 Å². The van der Waals surface area contributed by atoms with Crippen molar-refractivity contribution >= 4 is 29.1 Å². The molecule has 0 aromatic carbocycles. The third-order valence-corrected chi connectivity index (χ3v) is 11.7. The van der Waals surface area contributed by atoms with E-state index in [0.717, 1.165) is 0 Å². The van der Waals surface area contributed by atoms with Gasteiger partial charge in [-0.3, -0.25) is 24.0 Å². The van der Waals surface area contributed by atoms with Gasteiger partial charge in [-0.15, -0.1) is 0 Å². The monoisotopic (exact) mass is 544 g/mol. The number of rotatable bonds is 6. The first-order chi connectivity index (χ1) is 17.9. The average molecular weight is 545 g/mol. The number of methoxy groups -OCH3 is 1. The summed E-state index contributed by atoms with van der Waals surface area (Å²) in [6.45, 7) is 12.7. The van der Waals surface area contributed by atoms with Crippen LogP contribution < -0.4 is 0 Å². The summed E-state index contributed by atoms with van der Waals surface area (Å²) in [7, 11) is 1.27. The lowest BCUT2D eigenvalue weighted by Gasteiger charge is -2.60. The number of carbonyl (C=O) groups is 5. The normalized spacial score (nSPS) is 40.9. The van der Waals surface area contributed by atoms with Gasteiger partial charge in [-0.2, -0.15) is 0 Å². The highest BCUT2D eigenvalue weighted by atomic mass is 16.5. The summed E-state index contributed by atoms with van der Waals surface area (Å²) in [6.07, 6.45) is -0.920. The van der Waals surface area contributed by atoms with E-state index < -0.39 is 57.5 Å². The largest absolute Gasteiger partial charge is 0.469 e. The first-order valence-electron chi connectivity index (χ1n) is 14.2. The smallest absolute Gasteiger partial charge is 0.308 e. The van der Waals surface area contributed by atoms with Gasteiger partial charge in [0.1, 0.15) is 17.7 Å². The fourth-order valence-electron chi connectivity index (χ4n) is 9.05. The number of aliphatic hydroxyl groups excluding tert-OH is 2. The van der Waals surface area contributed by atoms with E-state index in [1.165, 1.54) is 7.11 Å². The lowest BCUT2D eigenvalue weighted by molar-refractivity contribution is -0.159. The van der Waals surface area contributed by atoms with Crippen molar-refractivity contribution in [3.63, 3.8) is 0 Å². The van der Waals surface area contributed by atoms with Crippen LogP contribution in [-0.2, 0) is 28.7 Å². The molecule has 4 aliphatic rings. The second-order valence-electron chi connectivity index (χ2n) is 14.0. The third kappa shape index (κ3) is 3.87. The molecule has 8 nitrogen and oxygen atoms in total. The number of hydrogen-bond acceptors (Lipinski definition) is 8. The van der Waals surface area contributed by atoms with Crippen LogP contribution in [0.15, 0.2) is 11.1 Å². The van der Waals surface area contributed by atoms with Crippen LogP contribution in [0.2, 0.25) is 0 Å². The molecule has 0 aromatic rings. The van der Waals surface area contributed by atoms with Gasteiger partial charge in [-0.1, -0.05) is 41.5 Å². The minimum atomic E-state index is -1.51. The number of esters is 1. The molecule has 39 heavy (non-hydrogen) atoms. The zero-order valence-electron chi connectivity index (χ0n) is 24.6. The molecule has 2 saturated carbocycles. The summed E-state index contributed by atoms with van der Waals surface area (Å²) < 4.78 is 4.73. The molecule has 0 aliphatic heterocycles. The van der Waals surface area contributed by atoms with Gasteiger partial charge in [0, 0.05) is 47.7 Å². The maximum atomic E-state index is 14.1. The second-order valence-corrected chi connectivity index (χ2v) is 14.0. The van der Waals surface area contributed by atoms with E-state index in [4.69, 9.17) is 4.74 Å². The molecule has 216 valence electrons. The topological polar surface area (TPSA) is 135 Å². The summed E-state index contributed by atoms with van der Waals surface area (Å²) in [5.41, 5.74) is -3.49. The molecule has 2 unspecified atom stereocenters. The predicted molar refractivity (Wildman–Crippen MR) is 142 cm³/mol. The molecule has 0 radical (unpaired) electrons. The highest BCUT2D eigenvalue weighted by Gasteiger charge is 2.73. The molecule has 9 atom stereocenters. The van der Waals surface area contributed by atoms with E-state index in [2.05, 4.69) is 0 Å². The van der Waals surface area contributed by atoms with Crippen molar-refractivity contribution in [2.45, 2.75) is 99.2 Å². The first kappa shape index (κ1) is 29.8. The van der Waals surface area contributed by atoms with Crippen LogP contribution in [-0.4, -0.2) is 58.6 Å². The molecule has 0 aromatic heterocycles. The minimum absolute atomic E-state index is 0.00229. The molecule has 0 spiro atoms. The number of ether oxygens (including phenoxy) is 1. The first-order valence-corrected chi connectivity index (χ1v) is 14.2. The van der Waals surface area contributed by atoms with Gasteiger partial charge in [0.15, 0.2) is 11.6 Å². The van der Waals surface area contributed by atoms with Crippen molar-refractivity contribution in [2.75, 3.05) is 7.11 Å². The second kappa shape index (κ2) is 9.44. The summed E-state index contributed by atoms with van der Waals surface area (Å²) in [4.78, 5) is 66.7. The van der Waals surface area contributed by atoms with Crippen molar-refractivity contribution in [1.29, 1.82) is 0 Å². The van der Waals surface area contributed by atoms with E-state index in [1.54, 1.807) is 20.8 Å². The number of hydrogen-bond donors (Lipinski definition) is 2. The molecule has 0 saturated heterocycles. The van der Waals surface area contributed by atoms with E-state index in [-0.39, 0.29) is 66.0 Å². The fourth-order valence-corrected chi connectivity index (χ4v) is 9.05. The highest BCUT2D eigenvalue weighted by Crippen LogP contribution is 2.70. The summed E-state index contributed by atoms with van der Waals surface area (Å²) in [5, 5.41) is 22.5. The molecule has 2 fully saturated rings. The zero-order chi connectivity index (χ0) is 29.5. The lowest BCUT2D eigenvalue weighted by Crippen LogP contribution is -2.64. The summed E-state index contributed by atoms with van der Waals surface area (Å²) in [6, 6.07) is 0. The van der Waals surface area contributed by atoms with Crippen molar-refractivity contribution in [3.8, 4) is 0 Å². The van der Waals surface area contributed by atoms with Crippen LogP contribution in [0.1, 0.15) is 87.0 Å². The predicted octanol–water partition coefficient (Wildman–Crippen LogP) is 3.40. The molecule has 2 N–H and O–H groups in total. The van der Waals surface area contributed by atoms with E-state index in [9.17, 15) is 34.2 Å². The number of allylic oxidation sites excluding steroid dienone is 1. The summed E-state index contributed by atoms with van der Waals surface area (Å²) in [5.74, 6) is -3.36. The fraction of sp³-hybridized carbons (Fsp3) is 0.774. The lowest BCUT2D eigenvalue weighted by atomic mass is 9.42. The maximum Gasteiger partial charge on any atom is 0.308 e. The van der Waals surface area contributed by atoms with Gasteiger partial charge in [0.05, 0.1) is 24.5 Å². The molecule has 0 amide bonds. The number of Topliss-reactive ketones (excluding diaryl/α,β-unsaturated/α-hetero) is 4. The molecule has 4 aliphatic carbocycles. The Hall–Kier alpha value is -2.19. The molecule has 0 bridgehead atoms. The van der Waals surface area contributed by atoms with Gasteiger partial charge in [0.25, 0.3) is 0 Å². The number of ketones is 4. The zero-order valence-corrected chi connectivity index (χ0v) is 24.6. The molecular formula is C31H44O8. The third-order valence-electron chi connectivity index (χ3n) is 11.7. The van der Waals surface area contributed by atoms with Crippen LogP contribution in [0.4, 0.5) is 0 Å². The Morgan fingerprint density at radius 2 is 1.59 bits per heavy atom. The summed E-state index contributed by atoms with van der Waals surface area (Å²) >= 11 is 0. The Morgan fingerprint density at radius 3 is 2.18 bits per heavy atom. The van der Waals surface area contributed by atoms with E-state index in [0.29, 0.717) is 12.8 Å². The van der Waals surface area contributed by atoms with Gasteiger partial charge >= 0.3 is 5.97 Å². The number of aliphatic hydroxyl groups is 2. The Balaban J connectivity index is 1.77. The van der Waals surface area contributed by atoms with E-state index >= 15 is 0 Å². The SMILES string of the molecule is COC(=O)[C@H](C)CC(=O)CC(C)[C@H]1CC(=O)[C@@]2(C)C3=C(C(=O)[C@@H](O)[C@]12C)[C@@]1(C)CC[C@H](O)C(C)(C)C1CC3=O. The van der Waals surface area contributed by atoms with Crippen LogP contribution >= 0.6 is 0 Å². The average Bonchev–Trinajstić information content (AvgIpc) is 3.07. The van der Waals surface area contributed by atoms with Crippen molar-refractivity contribution in [2.24, 2.45) is 45.3 Å². The van der Waals surface area contributed by atoms with Crippen molar-refractivity contribution < 1.29 is 38.9 Å². The molecular weight excluding hydrogens is 500 g/mol. The van der Waals surface area contributed by atoms with E-state index in [1.807, 2.05) is 27.7 Å². The van der Waals surface area contributed by atoms with Gasteiger partial charge < -0.3 is 14.9 Å². The standard InChI is InChI=1S/C31H44O8/c1-15(11-17(32)12-16(2)27(38)39-8)18-13-22(35)31(7)23-19(33)14-20-28(3,4)21(34)9-10-29(20,5)24(23)25(36)26(37)30(18,31)6/h15-16,18,20-21,26,34,37H,9-14H2,1-8H3/t15?,16-,18-,20?,21+,26-,29+,30+,31+/m1/s1. The Bertz CT molecular complexity index is 1170. The number of fused-ring (bicyclic) bond motifs is 4. The number of carbonyl (C=O) groups excluding carboxylic acids is 5. The van der Waals surface area contributed by atoms with Crippen LogP contribution in [0.25, 0.3) is 0 Å². The Morgan fingerprint density at radius 1 is 0.974 bits per heavy atom. The minimum Gasteiger partial charge on any atom is -0.469 e. The Kier molecular flexibility index (Phi) is 7.21. The van der Waals surface area contributed by atoms with Crippen molar-refractivity contribution in [3.05, 3.63) is 11.1 Å². The molecule has 8 heteroatoms. The van der Waals surface area contributed by atoms with Crippen LogP contribution in [0, 0.1) is 45.3 Å². The molecule has 0 heterocycles. The maximum absolute atomic E-state index is 14.1. The molecule has 4 rings (SSSR count). The van der Waals surface area contributed by atoms with Gasteiger partial charge in [-0.25, -0.2) is 0 Å². The highest BCUT2D eigenvalue weighted by molar-refractivity contribution is 6.17.